The van der Waals surface area contributed by atoms with E-state index in [1.807, 2.05) is 36.4 Å². The van der Waals surface area contributed by atoms with Gasteiger partial charge < -0.3 is 0 Å². The molecule has 254 valence electrons. The lowest BCUT2D eigenvalue weighted by Crippen LogP contribution is -2.25. The van der Waals surface area contributed by atoms with E-state index in [0.29, 0.717) is 23.2 Å². The summed E-state index contributed by atoms with van der Waals surface area (Å²) in [6.07, 6.45) is 0. The van der Waals surface area contributed by atoms with Crippen LogP contribution in [0.3, 0.4) is 0 Å². The van der Waals surface area contributed by atoms with E-state index < -0.39 is 5.41 Å². The summed E-state index contributed by atoms with van der Waals surface area (Å²) in [5.74, 6) is 1.87. The fourth-order valence-corrected chi connectivity index (χ4v) is 8.97. The van der Waals surface area contributed by atoms with E-state index in [9.17, 15) is 0 Å². The van der Waals surface area contributed by atoms with Crippen LogP contribution < -0.4 is 0 Å². The lowest BCUT2D eigenvalue weighted by molar-refractivity contribution is 0.794. The summed E-state index contributed by atoms with van der Waals surface area (Å²) >= 11 is 0. The Kier molecular flexibility index (Phi) is 6.80. The van der Waals surface area contributed by atoms with Crippen molar-refractivity contribution in [3.05, 3.63) is 216 Å². The number of nitrogens with zero attached hydrogens (tertiary/aromatic N) is 4. The molecule has 0 radical (unpaired) electrons. The van der Waals surface area contributed by atoms with Crippen molar-refractivity contribution >= 4 is 16.5 Å². The molecule has 55 heavy (non-hydrogen) atoms. The molecular formula is C51H30N4. The van der Waals surface area contributed by atoms with E-state index in [2.05, 4.69) is 150 Å². The highest BCUT2D eigenvalue weighted by atomic mass is 15.0. The molecule has 9 aromatic rings. The fraction of sp³-hybridized carbons (Fsp3) is 0.0196. The molecule has 0 unspecified atom stereocenters. The van der Waals surface area contributed by atoms with Crippen LogP contribution in [0.15, 0.2) is 182 Å². The maximum atomic E-state index is 7.86. The number of rotatable bonds is 4. The minimum atomic E-state index is -0.528. The van der Waals surface area contributed by atoms with E-state index in [4.69, 9.17) is 21.5 Å². The number of fused-ring (bicyclic) bond motifs is 11. The van der Waals surface area contributed by atoms with E-state index in [-0.39, 0.29) is 0 Å². The summed E-state index contributed by atoms with van der Waals surface area (Å²) in [5, 5.41) is 2.30. The van der Waals surface area contributed by atoms with Crippen molar-refractivity contribution in [2.24, 2.45) is 0 Å². The van der Waals surface area contributed by atoms with Crippen LogP contribution in [0.25, 0.3) is 83.2 Å². The van der Waals surface area contributed by atoms with Gasteiger partial charge in [0.25, 0.3) is 0 Å². The van der Waals surface area contributed by atoms with Gasteiger partial charge in [0.15, 0.2) is 23.2 Å². The number of hydrogen-bond acceptors (Lipinski definition) is 3. The van der Waals surface area contributed by atoms with Crippen LogP contribution in [0.2, 0.25) is 0 Å². The first kappa shape index (κ1) is 31.1. The lowest BCUT2D eigenvalue weighted by Gasteiger charge is -2.31. The van der Waals surface area contributed by atoms with Gasteiger partial charge in [-0.15, -0.1) is 0 Å². The zero-order chi connectivity index (χ0) is 36.5. The number of benzene rings is 8. The SMILES string of the molecule is [C-]#[N+]c1ccc2c(c1)-c1ccc(-c3ccccc3-c3nc(-c4ccccc4)nc(-c4ccc5ccccc5c4)n3)cc1C21c2ccccc2-c2ccccc21. The van der Waals surface area contributed by atoms with Crippen molar-refractivity contribution in [2.75, 3.05) is 0 Å². The molecule has 0 bridgehead atoms. The van der Waals surface area contributed by atoms with Gasteiger partial charge in [0, 0.05) is 16.7 Å². The molecule has 1 heterocycles. The predicted molar refractivity (Wildman–Crippen MR) is 222 cm³/mol. The van der Waals surface area contributed by atoms with E-state index in [0.717, 1.165) is 44.3 Å². The second-order valence-corrected chi connectivity index (χ2v) is 14.2. The molecule has 2 aliphatic rings. The highest BCUT2D eigenvalue weighted by molar-refractivity contribution is 5.97. The Balaban J connectivity index is 1.14. The fourth-order valence-electron chi connectivity index (χ4n) is 8.97. The Morgan fingerprint density at radius 3 is 1.65 bits per heavy atom. The molecule has 1 spiro atoms. The van der Waals surface area contributed by atoms with Crippen LogP contribution in [-0.4, -0.2) is 15.0 Å². The van der Waals surface area contributed by atoms with Crippen molar-refractivity contribution < 1.29 is 0 Å². The molecule has 2 aliphatic carbocycles. The second-order valence-electron chi connectivity index (χ2n) is 14.2. The van der Waals surface area contributed by atoms with Gasteiger partial charge in [-0.1, -0.05) is 164 Å². The van der Waals surface area contributed by atoms with Crippen molar-refractivity contribution in [3.8, 4) is 67.5 Å². The third-order valence-electron chi connectivity index (χ3n) is 11.4. The zero-order valence-electron chi connectivity index (χ0n) is 29.6. The van der Waals surface area contributed by atoms with Gasteiger partial charge in [-0.25, -0.2) is 19.8 Å². The van der Waals surface area contributed by atoms with Crippen LogP contribution >= 0.6 is 0 Å². The highest BCUT2D eigenvalue weighted by Crippen LogP contribution is 2.63. The normalized spacial score (nSPS) is 12.9. The molecule has 11 rings (SSSR count). The van der Waals surface area contributed by atoms with Crippen molar-refractivity contribution in [2.45, 2.75) is 5.41 Å². The minimum absolute atomic E-state index is 0.528. The van der Waals surface area contributed by atoms with Crippen LogP contribution in [-0.2, 0) is 5.41 Å². The lowest BCUT2D eigenvalue weighted by atomic mass is 9.70. The zero-order valence-corrected chi connectivity index (χ0v) is 29.6. The van der Waals surface area contributed by atoms with Crippen LogP contribution in [0.4, 0.5) is 5.69 Å². The molecule has 0 N–H and O–H groups in total. The topological polar surface area (TPSA) is 43.0 Å². The third-order valence-corrected chi connectivity index (χ3v) is 11.4. The van der Waals surface area contributed by atoms with Gasteiger partial charge in [0.1, 0.15) is 0 Å². The summed E-state index contributed by atoms with van der Waals surface area (Å²) in [6.45, 7) is 7.86. The maximum Gasteiger partial charge on any atom is 0.187 e. The van der Waals surface area contributed by atoms with Gasteiger partial charge in [0.2, 0.25) is 0 Å². The van der Waals surface area contributed by atoms with E-state index in [1.165, 1.54) is 38.8 Å². The van der Waals surface area contributed by atoms with Crippen LogP contribution in [0, 0.1) is 6.57 Å². The molecule has 0 aliphatic heterocycles. The largest absolute Gasteiger partial charge is 0.238 e. The van der Waals surface area contributed by atoms with Crippen molar-refractivity contribution in [3.63, 3.8) is 0 Å². The molecular weight excluding hydrogens is 669 g/mol. The summed E-state index contributed by atoms with van der Waals surface area (Å²) in [5.41, 5.74) is 14.7. The first-order valence-electron chi connectivity index (χ1n) is 18.5. The molecule has 0 atom stereocenters. The van der Waals surface area contributed by atoms with Crippen LogP contribution in [0.1, 0.15) is 22.3 Å². The van der Waals surface area contributed by atoms with Crippen LogP contribution in [0.5, 0.6) is 0 Å². The van der Waals surface area contributed by atoms with Crippen molar-refractivity contribution in [1.29, 1.82) is 0 Å². The molecule has 0 saturated heterocycles. The highest BCUT2D eigenvalue weighted by Gasteiger charge is 2.51. The van der Waals surface area contributed by atoms with Gasteiger partial charge in [-0.2, -0.15) is 0 Å². The molecule has 1 aromatic heterocycles. The van der Waals surface area contributed by atoms with E-state index >= 15 is 0 Å². The maximum absolute atomic E-state index is 7.86. The van der Waals surface area contributed by atoms with Gasteiger partial charge >= 0.3 is 0 Å². The third kappa shape index (κ3) is 4.60. The summed E-state index contributed by atoms with van der Waals surface area (Å²) in [6, 6.07) is 63.9. The summed E-state index contributed by atoms with van der Waals surface area (Å²) in [7, 11) is 0. The van der Waals surface area contributed by atoms with Gasteiger partial charge in [-0.05, 0) is 84.6 Å². The van der Waals surface area contributed by atoms with E-state index in [1.54, 1.807) is 0 Å². The molecule has 4 nitrogen and oxygen atoms in total. The minimum Gasteiger partial charge on any atom is -0.238 e. The molecule has 0 saturated carbocycles. The van der Waals surface area contributed by atoms with Gasteiger partial charge in [-0.3, -0.25) is 0 Å². The average molecular weight is 699 g/mol. The Labute approximate surface area is 318 Å². The summed E-state index contributed by atoms with van der Waals surface area (Å²) < 4.78 is 0. The molecule has 0 amide bonds. The standard InChI is InChI=1S/C51H30N4/c1-52-37-26-28-46-43(31-37)41-27-25-35(30-47(41)51(46)44-21-11-9-18-39(44)40-19-10-12-22-45(40)51)38-17-7-8-20-42(38)50-54-48(33-14-3-2-4-15-33)53-49(55-50)36-24-23-32-13-5-6-16-34(32)29-36/h2-31H. The molecule has 0 fully saturated rings. The predicted octanol–water partition coefficient (Wildman–Crippen LogP) is 12.6. The molecule has 8 aromatic carbocycles. The quantitative estimate of drug-likeness (QED) is 0.172. The number of aromatic nitrogens is 3. The second kappa shape index (κ2) is 12.0. The average Bonchev–Trinajstić information content (AvgIpc) is 3.73. The summed E-state index contributed by atoms with van der Waals surface area (Å²) in [4.78, 5) is 19.2. The van der Waals surface area contributed by atoms with Crippen molar-refractivity contribution in [1.82, 2.24) is 15.0 Å². The van der Waals surface area contributed by atoms with Gasteiger partial charge in [0.05, 0.1) is 12.0 Å². The Bertz CT molecular complexity index is 3020. The Morgan fingerprint density at radius 1 is 0.345 bits per heavy atom. The molecule has 4 heteroatoms. The smallest absolute Gasteiger partial charge is 0.187 e. The first-order valence-corrected chi connectivity index (χ1v) is 18.5. The Hall–Kier alpha value is -7.48. The first-order chi connectivity index (χ1) is 27.2. The Morgan fingerprint density at radius 2 is 0.909 bits per heavy atom. The monoisotopic (exact) mass is 698 g/mol. The number of hydrogen-bond donors (Lipinski definition) is 0.